The van der Waals surface area contributed by atoms with Crippen molar-refractivity contribution in [1.82, 2.24) is 0 Å². The van der Waals surface area contributed by atoms with Gasteiger partial charge in [0.05, 0.1) is 0 Å². The van der Waals surface area contributed by atoms with Crippen LogP contribution in [-0.2, 0) is 12.0 Å². The second-order valence-corrected chi connectivity index (χ2v) is 6.40. The zero-order valence-electron chi connectivity index (χ0n) is 9.71. The predicted molar refractivity (Wildman–Crippen MR) is 73.6 cm³/mol. The summed E-state index contributed by atoms with van der Waals surface area (Å²) in [6, 6.07) is 5.38. The largest absolute Gasteiger partial charge is 0.321 e. The summed E-state index contributed by atoms with van der Waals surface area (Å²) in [5.74, 6) is -1.21. The second kappa shape index (κ2) is 5.07. The van der Waals surface area contributed by atoms with Crippen LogP contribution in [0.1, 0.15) is 17.4 Å². The molecule has 18 heavy (non-hydrogen) atoms. The summed E-state index contributed by atoms with van der Waals surface area (Å²) >= 11 is 4.93. The van der Waals surface area contributed by atoms with Gasteiger partial charge in [0, 0.05) is 32.8 Å². The lowest BCUT2D eigenvalue weighted by atomic mass is 9.89. The van der Waals surface area contributed by atoms with E-state index in [1.165, 1.54) is 12.1 Å². The molecular weight excluding hydrogens is 320 g/mol. The van der Waals surface area contributed by atoms with Crippen molar-refractivity contribution in [3.8, 4) is 0 Å². The topological polar surface area (TPSA) is 26.0 Å². The van der Waals surface area contributed by atoms with E-state index < -0.39 is 17.2 Å². The first-order chi connectivity index (χ1) is 8.37. The van der Waals surface area contributed by atoms with E-state index in [1.54, 1.807) is 18.3 Å². The molecule has 0 aliphatic heterocycles. The molecule has 0 aliphatic rings. The molecule has 0 saturated carbocycles. The number of nitrogens with two attached hydrogens (primary N) is 1. The maximum atomic E-state index is 13.2. The first-order valence-electron chi connectivity index (χ1n) is 5.35. The zero-order valence-corrected chi connectivity index (χ0v) is 12.1. The van der Waals surface area contributed by atoms with Crippen LogP contribution < -0.4 is 5.73 Å². The van der Waals surface area contributed by atoms with Gasteiger partial charge >= 0.3 is 0 Å². The van der Waals surface area contributed by atoms with Gasteiger partial charge in [0.2, 0.25) is 0 Å². The zero-order chi connectivity index (χ0) is 13.3. The highest BCUT2D eigenvalue weighted by Gasteiger charge is 2.24. The van der Waals surface area contributed by atoms with Gasteiger partial charge in [-0.1, -0.05) is 0 Å². The molecule has 2 aromatic rings. The number of halogens is 3. The van der Waals surface area contributed by atoms with E-state index in [2.05, 4.69) is 15.9 Å². The molecule has 1 heterocycles. The molecule has 1 unspecified atom stereocenters. The van der Waals surface area contributed by atoms with E-state index in [9.17, 15) is 8.78 Å². The molecule has 0 bridgehead atoms. The monoisotopic (exact) mass is 331 g/mol. The van der Waals surface area contributed by atoms with Crippen molar-refractivity contribution in [1.29, 1.82) is 0 Å². The van der Waals surface area contributed by atoms with Gasteiger partial charge in [-0.25, -0.2) is 8.78 Å². The third kappa shape index (κ3) is 3.16. The van der Waals surface area contributed by atoms with Crippen LogP contribution in [-0.4, -0.2) is 0 Å². The van der Waals surface area contributed by atoms with Gasteiger partial charge in [0.15, 0.2) is 0 Å². The van der Waals surface area contributed by atoms with Crippen molar-refractivity contribution in [2.75, 3.05) is 0 Å². The van der Waals surface area contributed by atoms with Gasteiger partial charge in [-0.3, -0.25) is 0 Å². The second-order valence-electron chi connectivity index (χ2n) is 4.48. The molecule has 0 saturated heterocycles. The first-order valence-corrected chi connectivity index (χ1v) is 7.02. The third-order valence-corrected chi connectivity index (χ3v) is 4.38. The molecule has 0 spiro atoms. The minimum Gasteiger partial charge on any atom is -0.321 e. The average Bonchev–Trinajstić information content (AvgIpc) is 2.61. The molecule has 96 valence electrons. The van der Waals surface area contributed by atoms with Crippen LogP contribution >= 0.6 is 27.3 Å². The van der Waals surface area contributed by atoms with Crippen LogP contribution in [0, 0.1) is 11.6 Å². The van der Waals surface area contributed by atoms with E-state index >= 15 is 0 Å². The van der Waals surface area contributed by atoms with Crippen molar-refractivity contribution in [3.63, 3.8) is 0 Å². The van der Waals surface area contributed by atoms with Crippen LogP contribution in [0.2, 0.25) is 0 Å². The standard InChI is InChI=1S/C13H12BrF2NS/c1-13(17,6-12-4-9(14)7-18-12)8-2-10(15)5-11(16)3-8/h2-5,7H,6,17H2,1H3. The summed E-state index contributed by atoms with van der Waals surface area (Å²) < 4.78 is 27.4. The van der Waals surface area contributed by atoms with Crippen LogP contribution in [0.15, 0.2) is 34.1 Å². The fourth-order valence-electron chi connectivity index (χ4n) is 1.79. The Morgan fingerprint density at radius 1 is 1.22 bits per heavy atom. The predicted octanol–water partition coefficient (Wildman–Crippen LogP) is 4.21. The van der Waals surface area contributed by atoms with Crippen molar-refractivity contribution >= 4 is 27.3 Å². The van der Waals surface area contributed by atoms with Crippen LogP contribution in [0.5, 0.6) is 0 Å². The van der Waals surface area contributed by atoms with E-state index in [0.717, 1.165) is 15.4 Å². The van der Waals surface area contributed by atoms with E-state index in [4.69, 9.17) is 5.73 Å². The minimum atomic E-state index is -0.798. The van der Waals surface area contributed by atoms with Gasteiger partial charge in [-0.2, -0.15) is 0 Å². The SMILES string of the molecule is CC(N)(Cc1cc(Br)cs1)c1cc(F)cc(F)c1. The Balaban J connectivity index is 2.29. The van der Waals surface area contributed by atoms with Crippen molar-refractivity contribution in [3.05, 3.63) is 56.2 Å². The molecule has 0 amide bonds. The Hall–Kier alpha value is -0.780. The molecule has 0 aliphatic carbocycles. The average molecular weight is 332 g/mol. The summed E-state index contributed by atoms with van der Waals surface area (Å²) in [5.41, 5.74) is 5.84. The number of benzene rings is 1. The Kier molecular flexibility index (Phi) is 3.84. The first kappa shape index (κ1) is 13.6. The molecule has 1 aromatic heterocycles. The molecule has 1 atom stereocenters. The summed E-state index contributed by atoms with van der Waals surface area (Å²) in [5, 5.41) is 1.96. The van der Waals surface area contributed by atoms with Crippen molar-refractivity contribution < 1.29 is 8.78 Å². The van der Waals surface area contributed by atoms with E-state index in [-0.39, 0.29) is 0 Å². The molecule has 0 fully saturated rings. The Morgan fingerprint density at radius 3 is 2.33 bits per heavy atom. The van der Waals surface area contributed by atoms with E-state index in [1.807, 2.05) is 11.4 Å². The van der Waals surface area contributed by atoms with Crippen molar-refractivity contribution in [2.24, 2.45) is 5.73 Å². The Labute approximate surface area is 117 Å². The molecule has 1 nitrogen and oxygen atoms in total. The van der Waals surface area contributed by atoms with Gasteiger partial charge in [-0.05, 0) is 46.6 Å². The highest BCUT2D eigenvalue weighted by molar-refractivity contribution is 9.10. The lowest BCUT2D eigenvalue weighted by molar-refractivity contribution is 0.482. The van der Waals surface area contributed by atoms with Crippen molar-refractivity contribution in [2.45, 2.75) is 18.9 Å². The smallest absolute Gasteiger partial charge is 0.126 e. The molecule has 2 N–H and O–H groups in total. The number of rotatable bonds is 3. The third-order valence-electron chi connectivity index (χ3n) is 2.69. The normalized spacial score (nSPS) is 14.5. The summed E-state index contributed by atoms with van der Waals surface area (Å²) in [4.78, 5) is 1.07. The molecule has 0 radical (unpaired) electrons. The minimum absolute atomic E-state index is 0.463. The number of hydrogen-bond acceptors (Lipinski definition) is 2. The molecule has 1 aromatic carbocycles. The lowest BCUT2D eigenvalue weighted by Gasteiger charge is -2.24. The van der Waals surface area contributed by atoms with Crippen LogP contribution in [0.3, 0.4) is 0 Å². The van der Waals surface area contributed by atoms with Gasteiger partial charge in [0.1, 0.15) is 11.6 Å². The van der Waals surface area contributed by atoms with Gasteiger partial charge in [-0.15, -0.1) is 11.3 Å². The Morgan fingerprint density at radius 2 is 1.83 bits per heavy atom. The van der Waals surface area contributed by atoms with Gasteiger partial charge in [0.25, 0.3) is 0 Å². The van der Waals surface area contributed by atoms with Gasteiger partial charge < -0.3 is 5.73 Å². The highest BCUT2D eigenvalue weighted by Crippen LogP contribution is 2.28. The maximum Gasteiger partial charge on any atom is 0.126 e. The van der Waals surface area contributed by atoms with E-state index in [0.29, 0.717) is 12.0 Å². The highest BCUT2D eigenvalue weighted by atomic mass is 79.9. The fraction of sp³-hybridized carbons (Fsp3) is 0.231. The molecule has 2 rings (SSSR count). The molecule has 5 heteroatoms. The fourth-order valence-corrected chi connectivity index (χ4v) is 3.41. The lowest BCUT2D eigenvalue weighted by Crippen LogP contribution is -2.35. The number of hydrogen-bond donors (Lipinski definition) is 1. The maximum absolute atomic E-state index is 13.2. The summed E-state index contributed by atoms with van der Waals surface area (Å²) in [6.07, 6.45) is 0.534. The Bertz CT molecular complexity index is 546. The van der Waals surface area contributed by atoms with Crippen LogP contribution in [0.4, 0.5) is 8.78 Å². The molecular formula is C13H12BrF2NS. The van der Waals surface area contributed by atoms with Crippen LogP contribution in [0.25, 0.3) is 0 Å². The summed E-state index contributed by atoms with van der Waals surface area (Å²) in [7, 11) is 0. The quantitative estimate of drug-likeness (QED) is 0.895. The number of thiophene rings is 1. The summed E-state index contributed by atoms with van der Waals surface area (Å²) in [6.45, 7) is 1.77.